The molecule has 8 rings (SSSR count). The lowest BCUT2D eigenvalue weighted by atomic mass is 9.92. The number of pyridine rings is 6. The van der Waals surface area contributed by atoms with Crippen LogP contribution in [0, 0.1) is 39.5 Å². The molecule has 0 saturated carbocycles. The van der Waals surface area contributed by atoms with Gasteiger partial charge in [0.15, 0.2) is 0 Å². The van der Waals surface area contributed by atoms with Crippen molar-refractivity contribution in [1.82, 2.24) is 29.9 Å². The number of nitrogens with zero attached hydrogens (tertiary/aromatic N) is 6. The van der Waals surface area contributed by atoms with Crippen LogP contribution in [0.1, 0.15) is 33.4 Å². The highest BCUT2D eigenvalue weighted by atomic mass is 14.8. The highest BCUT2D eigenvalue weighted by Gasteiger charge is 2.15. The summed E-state index contributed by atoms with van der Waals surface area (Å²) in [5.41, 5.74) is 17.5. The Balaban J connectivity index is 1.09. The summed E-state index contributed by atoms with van der Waals surface area (Å²) in [6, 6.07) is 40.6. The summed E-state index contributed by atoms with van der Waals surface area (Å²) in [4.78, 5) is 28.1. The minimum atomic E-state index is 0.806. The van der Waals surface area contributed by atoms with Crippen LogP contribution in [0.5, 0.6) is 0 Å². The first-order valence-electron chi connectivity index (χ1n) is 17.8. The highest BCUT2D eigenvalue weighted by molar-refractivity contribution is 5.79. The molecule has 6 heterocycles. The van der Waals surface area contributed by atoms with Gasteiger partial charge in [-0.2, -0.15) is 0 Å². The minimum Gasteiger partial charge on any atom is -0.255 e. The molecular formula is C48H36N6. The van der Waals surface area contributed by atoms with Gasteiger partial charge in [0.25, 0.3) is 0 Å². The largest absolute Gasteiger partial charge is 0.255 e. The van der Waals surface area contributed by atoms with Crippen molar-refractivity contribution in [2.24, 2.45) is 0 Å². The van der Waals surface area contributed by atoms with Crippen LogP contribution >= 0.6 is 0 Å². The first-order chi connectivity index (χ1) is 26.4. The highest BCUT2D eigenvalue weighted by Crippen LogP contribution is 2.34. The monoisotopic (exact) mass is 696 g/mol. The van der Waals surface area contributed by atoms with Crippen LogP contribution in [-0.2, 0) is 0 Å². The van der Waals surface area contributed by atoms with E-state index in [1.807, 2.05) is 79.0 Å². The lowest BCUT2D eigenvalue weighted by Crippen LogP contribution is -1.96. The van der Waals surface area contributed by atoms with E-state index in [1.165, 1.54) is 5.56 Å². The van der Waals surface area contributed by atoms with Crippen LogP contribution in [-0.4, -0.2) is 29.9 Å². The number of hydrogen-bond donors (Lipinski definition) is 0. The maximum Gasteiger partial charge on any atom is 0.0900 e. The van der Waals surface area contributed by atoms with Crippen molar-refractivity contribution in [2.45, 2.75) is 27.7 Å². The van der Waals surface area contributed by atoms with E-state index in [4.69, 9.17) is 9.97 Å². The van der Waals surface area contributed by atoms with Gasteiger partial charge in [-0.05, 0) is 169 Å². The van der Waals surface area contributed by atoms with Crippen molar-refractivity contribution in [3.05, 3.63) is 179 Å². The normalized spacial score (nSPS) is 10.8. The van der Waals surface area contributed by atoms with Crippen molar-refractivity contribution in [3.63, 3.8) is 0 Å². The quantitative estimate of drug-likeness (QED) is 0.161. The molecule has 0 fully saturated rings. The van der Waals surface area contributed by atoms with Gasteiger partial charge in [-0.3, -0.25) is 19.9 Å². The summed E-state index contributed by atoms with van der Waals surface area (Å²) in [5, 5.41) is 0. The number of aryl methyl sites for hydroxylation is 4. The van der Waals surface area contributed by atoms with E-state index < -0.39 is 0 Å². The van der Waals surface area contributed by atoms with Gasteiger partial charge in [0.2, 0.25) is 0 Å². The van der Waals surface area contributed by atoms with E-state index >= 15 is 0 Å². The van der Waals surface area contributed by atoms with E-state index in [2.05, 4.69) is 108 Å². The minimum absolute atomic E-state index is 0.806. The van der Waals surface area contributed by atoms with Gasteiger partial charge in [-0.1, -0.05) is 36.1 Å². The second-order valence-electron chi connectivity index (χ2n) is 13.3. The number of aromatic nitrogens is 6. The topological polar surface area (TPSA) is 77.3 Å². The summed E-state index contributed by atoms with van der Waals surface area (Å²) in [7, 11) is 0. The number of hydrogen-bond acceptors (Lipinski definition) is 6. The summed E-state index contributed by atoms with van der Waals surface area (Å²) >= 11 is 0. The summed E-state index contributed by atoms with van der Waals surface area (Å²) in [6.45, 7) is 8.57. The molecule has 2 aromatic carbocycles. The Bertz CT molecular complexity index is 2590. The maximum absolute atomic E-state index is 4.96. The molecule has 6 heteroatoms. The second kappa shape index (κ2) is 14.9. The van der Waals surface area contributed by atoms with Gasteiger partial charge in [0.05, 0.1) is 45.6 Å². The second-order valence-corrected chi connectivity index (χ2v) is 13.3. The molecule has 0 amide bonds. The molecule has 0 unspecified atom stereocenters. The van der Waals surface area contributed by atoms with E-state index in [-0.39, 0.29) is 0 Å². The van der Waals surface area contributed by atoms with E-state index in [0.29, 0.717) is 0 Å². The standard InChI is InChI=1S/C48H36N6/c1-31-24-35(25-32(2)47(31)37-19-23-52-44(28-37)43-16-11-15-42(53-43)39-12-5-8-20-49-39)17-18-36-26-33(3)48(34(4)27-36)38-29-45(40-13-6-9-21-50-40)54-46(30-38)41-14-7-10-22-51-41/h5-16,19-30H,1-4H3. The first kappa shape index (κ1) is 34.0. The molecule has 0 aliphatic rings. The first-order valence-corrected chi connectivity index (χ1v) is 17.8. The molecule has 6 aromatic heterocycles. The van der Waals surface area contributed by atoms with E-state index in [9.17, 15) is 0 Å². The fraction of sp³-hybridized carbons (Fsp3) is 0.0833. The Morgan fingerprint density at radius 1 is 0.333 bits per heavy atom. The zero-order chi connectivity index (χ0) is 37.0. The zero-order valence-electron chi connectivity index (χ0n) is 30.5. The third-order valence-electron chi connectivity index (χ3n) is 9.37. The van der Waals surface area contributed by atoms with Crippen LogP contribution in [0.15, 0.2) is 146 Å². The smallest absolute Gasteiger partial charge is 0.0900 e. The van der Waals surface area contributed by atoms with E-state index in [0.717, 1.165) is 95.6 Å². The van der Waals surface area contributed by atoms with Gasteiger partial charge >= 0.3 is 0 Å². The third kappa shape index (κ3) is 7.16. The van der Waals surface area contributed by atoms with E-state index in [1.54, 1.807) is 18.6 Å². The average molecular weight is 697 g/mol. The molecule has 8 aromatic rings. The van der Waals surface area contributed by atoms with Crippen molar-refractivity contribution >= 4 is 0 Å². The lowest BCUT2D eigenvalue weighted by molar-refractivity contribution is 1.22. The van der Waals surface area contributed by atoms with Crippen molar-refractivity contribution in [3.8, 4) is 79.6 Å². The van der Waals surface area contributed by atoms with Gasteiger partial charge in [0, 0.05) is 35.9 Å². The molecule has 0 saturated heterocycles. The van der Waals surface area contributed by atoms with Crippen LogP contribution in [0.4, 0.5) is 0 Å². The predicted molar refractivity (Wildman–Crippen MR) is 217 cm³/mol. The molecule has 6 nitrogen and oxygen atoms in total. The number of benzene rings is 2. The number of rotatable bonds is 6. The predicted octanol–water partition coefficient (Wildman–Crippen LogP) is 10.7. The molecule has 0 aliphatic heterocycles. The molecule has 0 radical (unpaired) electrons. The fourth-order valence-electron chi connectivity index (χ4n) is 7.05. The van der Waals surface area contributed by atoms with Gasteiger partial charge < -0.3 is 0 Å². The van der Waals surface area contributed by atoms with Gasteiger partial charge in [-0.25, -0.2) is 9.97 Å². The van der Waals surface area contributed by atoms with Crippen LogP contribution in [0.3, 0.4) is 0 Å². The maximum atomic E-state index is 4.96. The van der Waals surface area contributed by atoms with Crippen molar-refractivity contribution in [1.29, 1.82) is 0 Å². The molecular weight excluding hydrogens is 661 g/mol. The Morgan fingerprint density at radius 2 is 0.722 bits per heavy atom. The lowest BCUT2D eigenvalue weighted by Gasteiger charge is -2.14. The van der Waals surface area contributed by atoms with Gasteiger partial charge in [0.1, 0.15) is 0 Å². The zero-order valence-corrected chi connectivity index (χ0v) is 30.5. The molecule has 0 atom stereocenters. The van der Waals surface area contributed by atoms with Crippen LogP contribution < -0.4 is 0 Å². The van der Waals surface area contributed by atoms with Crippen LogP contribution in [0.25, 0.3) is 67.8 Å². The third-order valence-corrected chi connectivity index (χ3v) is 9.37. The van der Waals surface area contributed by atoms with Crippen LogP contribution in [0.2, 0.25) is 0 Å². The van der Waals surface area contributed by atoms with Crippen molar-refractivity contribution < 1.29 is 0 Å². The fourth-order valence-corrected chi connectivity index (χ4v) is 7.05. The van der Waals surface area contributed by atoms with Crippen molar-refractivity contribution in [2.75, 3.05) is 0 Å². The Morgan fingerprint density at radius 3 is 1.20 bits per heavy atom. The Labute approximate surface area is 315 Å². The summed E-state index contributed by atoms with van der Waals surface area (Å²) in [6.07, 6.45) is 7.22. The molecule has 0 N–H and O–H groups in total. The summed E-state index contributed by atoms with van der Waals surface area (Å²) < 4.78 is 0. The SMILES string of the molecule is Cc1cc(C#Cc2cc(C)c(-c3cc(-c4ccccn4)nc(-c4ccccn4)c3)c(C)c2)cc(C)c1-c1ccnc(-c2cccc(-c3ccccn3)n2)c1. The Hall–Kier alpha value is -7.10. The average Bonchev–Trinajstić information content (AvgIpc) is 3.21. The molecule has 258 valence electrons. The molecule has 54 heavy (non-hydrogen) atoms. The molecule has 0 bridgehead atoms. The molecule has 0 spiro atoms. The van der Waals surface area contributed by atoms with Gasteiger partial charge in [-0.15, -0.1) is 0 Å². The Kier molecular flexibility index (Phi) is 9.36. The summed E-state index contributed by atoms with van der Waals surface area (Å²) in [5.74, 6) is 6.90. The molecule has 0 aliphatic carbocycles.